The van der Waals surface area contributed by atoms with Crippen molar-refractivity contribution >= 4 is 11.8 Å². The highest BCUT2D eigenvalue weighted by molar-refractivity contribution is 6.05. The van der Waals surface area contributed by atoms with Crippen LogP contribution in [0.25, 0.3) is 0 Å². The Morgan fingerprint density at radius 2 is 2.15 bits per heavy atom. The van der Waals surface area contributed by atoms with Crippen molar-refractivity contribution < 1.29 is 9.59 Å². The number of nitrogens with one attached hydrogen (secondary N) is 2. The number of fused-ring (bicyclic) bond motifs is 1. The minimum atomic E-state index is -0.369. The lowest BCUT2D eigenvalue weighted by Gasteiger charge is -2.21. The highest BCUT2D eigenvalue weighted by Crippen LogP contribution is 2.11. The van der Waals surface area contributed by atoms with Gasteiger partial charge in [0.05, 0.1) is 6.54 Å². The Balaban J connectivity index is 1.55. The van der Waals surface area contributed by atoms with Crippen LogP contribution >= 0.6 is 0 Å². The van der Waals surface area contributed by atoms with Crippen LogP contribution in [-0.4, -0.2) is 57.4 Å². The van der Waals surface area contributed by atoms with Crippen LogP contribution in [0.3, 0.4) is 0 Å². The summed E-state index contributed by atoms with van der Waals surface area (Å²) in [7, 11) is 0. The van der Waals surface area contributed by atoms with Gasteiger partial charge in [0.25, 0.3) is 11.8 Å². The first kappa shape index (κ1) is 18.1. The van der Waals surface area contributed by atoms with Gasteiger partial charge in [-0.15, -0.1) is 5.10 Å². The Bertz CT molecular complexity index is 773. The summed E-state index contributed by atoms with van der Waals surface area (Å²) in [4.78, 5) is 26.8. The molecule has 2 N–H and O–H groups in total. The third-order valence-electron chi connectivity index (χ3n) is 4.40. The fourth-order valence-electron chi connectivity index (χ4n) is 3.02. The zero-order chi connectivity index (χ0) is 18.5. The summed E-state index contributed by atoms with van der Waals surface area (Å²) in [6.07, 6.45) is 0. The van der Waals surface area contributed by atoms with E-state index in [0.717, 1.165) is 13.1 Å². The van der Waals surface area contributed by atoms with E-state index in [9.17, 15) is 9.59 Å². The van der Waals surface area contributed by atoms with Gasteiger partial charge in [-0.05, 0) is 19.0 Å². The molecule has 2 amide bonds. The van der Waals surface area contributed by atoms with E-state index < -0.39 is 0 Å². The van der Waals surface area contributed by atoms with Crippen molar-refractivity contribution in [1.29, 1.82) is 0 Å². The first-order valence-electron chi connectivity index (χ1n) is 8.87. The number of benzene rings is 1. The highest BCUT2D eigenvalue weighted by atomic mass is 16.2. The van der Waals surface area contributed by atoms with Crippen molar-refractivity contribution in [2.75, 3.05) is 19.6 Å². The summed E-state index contributed by atoms with van der Waals surface area (Å²) in [5.74, 6) is -0.676. The van der Waals surface area contributed by atoms with Crippen LogP contribution in [0.1, 0.15) is 40.4 Å². The minimum Gasteiger partial charge on any atom is -0.349 e. The Kier molecular flexibility index (Phi) is 5.62. The molecule has 0 aliphatic carbocycles. The Morgan fingerprint density at radius 3 is 2.88 bits per heavy atom. The third-order valence-corrected chi connectivity index (χ3v) is 4.40. The molecule has 1 aliphatic rings. The number of nitrogens with zero attached hydrogens (tertiary/aromatic N) is 4. The van der Waals surface area contributed by atoms with E-state index in [4.69, 9.17) is 0 Å². The monoisotopic (exact) mass is 356 g/mol. The summed E-state index contributed by atoms with van der Waals surface area (Å²) in [6.45, 7) is 7.39. The summed E-state index contributed by atoms with van der Waals surface area (Å²) in [6, 6.07) is 10.2. The SMILES string of the molecule is CCN(CCNC(=O)c1nnn2c1C(=O)N[C@@H](C)C2)Cc1ccccc1. The highest BCUT2D eigenvalue weighted by Gasteiger charge is 2.30. The molecule has 0 saturated heterocycles. The Morgan fingerprint density at radius 1 is 1.38 bits per heavy atom. The number of rotatable bonds is 7. The second-order valence-corrected chi connectivity index (χ2v) is 6.45. The molecule has 1 atom stereocenters. The maximum absolute atomic E-state index is 12.4. The molecule has 0 spiro atoms. The zero-order valence-corrected chi connectivity index (χ0v) is 15.1. The van der Waals surface area contributed by atoms with E-state index >= 15 is 0 Å². The molecule has 138 valence electrons. The summed E-state index contributed by atoms with van der Waals surface area (Å²) in [5.41, 5.74) is 1.55. The lowest BCUT2D eigenvalue weighted by atomic mass is 10.2. The lowest BCUT2D eigenvalue weighted by Crippen LogP contribution is -2.44. The molecular formula is C18H24N6O2. The van der Waals surface area contributed by atoms with Crippen LogP contribution in [0.5, 0.6) is 0 Å². The molecule has 0 saturated carbocycles. The molecule has 8 heteroatoms. The van der Waals surface area contributed by atoms with Crippen LogP contribution in [-0.2, 0) is 13.1 Å². The molecule has 2 heterocycles. The number of amides is 2. The van der Waals surface area contributed by atoms with Gasteiger partial charge in [0.1, 0.15) is 0 Å². The fourth-order valence-corrected chi connectivity index (χ4v) is 3.02. The van der Waals surface area contributed by atoms with Crippen LogP contribution in [0, 0.1) is 0 Å². The average molecular weight is 356 g/mol. The molecule has 0 fully saturated rings. The first-order chi connectivity index (χ1) is 12.6. The number of carbonyl (C=O) groups excluding carboxylic acids is 2. The van der Waals surface area contributed by atoms with Gasteiger partial charge >= 0.3 is 0 Å². The predicted octanol–water partition coefficient (Wildman–Crippen LogP) is 0.662. The van der Waals surface area contributed by atoms with Crippen molar-refractivity contribution in [2.45, 2.75) is 33.0 Å². The first-order valence-corrected chi connectivity index (χ1v) is 8.87. The molecule has 0 bridgehead atoms. The number of likely N-dealkylation sites (N-methyl/N-ethyl adjacent to an activating group) is 1. The van der Waals surface area contributed by atoms with Crippen molar-refractivity contribution in [3.63, 3.8) is 0 Å². The number of carbonyl (C=O) groups is 2. The van der Waals surface area contributed by atoms with Gasteiger partial charge in [0.2, 0.25) is 0 Å². The molecule has 2 aromatic rings. The zero-order valence-electron chi connectivity index (χ0n) is 15.1. The minimum absolute atomic E-state index is 0.0243. The van der Waals surface area contributed by atoms with Gasteiger partial charge in [-0.2, -0.15) is 0 Å². The number of aromatic nitrogens is 3. The topological polar surface area (TPSA) is 92.2 Å². The normalized spacial score (nSPS) is 16.3. The van der Waals surface area contributed by atoms with E-state index in [1.165, 1.54) is 10.2 Å². The van der Waals surface area contributed by atoms with E-state index in [0.29, 0.717) is 19.6 Å². The number of hydrogen-bond acceptors (Lipinski definition) is 5. The molecule has 1 aromatic carbocycles. The summed E-state index contributed by atoms with van der Waals surface area (Å²) in [5, 5.41) is 13.5. The molecular weight excluding hydrogens is 332 g/mol. The standard InChI is InChI=1S/C18H24N6O2/c1-3-23(12-14-7-5-4-6-8-14)10-9-19-17(25)15-16-18(26)20-13(2)11-24(16)22-21-15/h4-8,13H,3,9-12H2,1-2H3,(H,19,25)(H,20,26)/t13-/m0/s1. The van der Waals surface area contributed by atoms with Gasteiger partial charge in [-0.3, -0.25) is 14.5 Å². The van der Waals surface area contributed by atoms with Crippen molar-refractivity contribution in [1.82, 2.24) is 30.5 Å². The smallest absolute Gasteiger partial charge is 0.274 e. The maximum atomic E-state index is 12.4. The molecule has 1 aromatic heterocycles. The van der Waals surface area contributed by atoms with Gasteiger partial charge in [0.15, 0.2) is 11.4 Å². The summed E-state index contributed by atoms with van der Waals surface area (Å²) < 4.78 is 1.49. The fraction of sp³-hybridized carbons (Fsp3) is 0.444. The van der Waals surface area contributed by atoms with Gasteiger partial charge in [-0.25, -0.2) is 4.68 Å². The molecule has 3 rings (SSSR count). The van der Waals surface area contributed by atoms with Crippen LogP contribution < -0.4 is 10.6 Å². The average Bonchev–Trinajstić information content (AvgIpc) is 3.05. The maximum Gasteiger partial charge on any atom is 0.274 e. The quantitative estimate of drug-likeness (QED) is 0.760. The molecule has 0 radical (unpaired) electrons. The molecule has 1 aliphatic heterocycles. The van der Waals surface area contributed by atoms with Crippen LogP contribution in [0.4, 0.5) is 0 Å². The van der Waals surface area contributed by atoms with Crippen molar-refractivity contribution in [3.05, 3.63) is 47.3 Å². The number of hydrogen-bond donors (Lipinski definition) is 2. The molecule has 26 heavy (non-hydrogen) atoms. The van der Waals surface area contributed by atoms with Crippen LogP contribution in [0.2, 0.25) is 0 Å². The van der Waals surface area contributed by atoms with E-state index in [2.05, 4.69) is 44.9 Å². The van der Waals surface area contributed by atoms with Gasteiger partial charge in [-0.1, -0.05) is 42.5 Å². The van der Waals surface area contributed by atoms with Crippen LogP contribution in [0.15, 0.2) is 30.3 Å². The summed E-state index contributed by atoms with van der Waals surface area (Å²) >= 11 is 0. The Labute approximate surface area is 152 Å². The van der Waals surface area contributed by atoms with Gasteiger partial charge < -0.3 is 10.6 Å². The predicted molar refractivity (Wildman–Crippen MR) is 96.7 cm³/mol. The second-order valence-electron chi connectivity index (χ2n) is 6.45. The third kappa shape index (κ3) is 4.08. The lowest BCUT2D eigenvalue weighted by molar-refractivity contribution is 0.0879. The molecule has 8 nitrogen and oxygen atoms in total. The largest absolute Gasteiger partial charge is 0.349 e. The van der Waals surface area contributed by atoms with E-state index in [-0.39, 0.29) is 29.2 Å². The van der Waals surface area contributed by atoms with Crippen molar-refractivity contribution in [3.8, 4) is 0 Å². The molecule has 0 unspecified atom stereocenters. The van der Waals surface area contributed by atoms with E-state index in [1.807, 2.05) is 25.1 Å². The van der Waals surface area contributed by atoms with Crippen molar-refractivity contribution in [2.24, 2.45) is 0 Å². The van der Waals surface area contributed by atoms with E-state index in [1.54, 1.807) is 0 Å². The Hall–Kier alpha value is -2.74. The second kappa shape index (κ2) is 8.09. The van der Waals surface area contributed by atoms with Gasteiger partial charge in [0, 0.05) is 25.7 Å².